The number of hydrogen-bond donors (Lipinski definition) is 1. The van der Waals surface area contributed by atoms with Gasteiger partial charge < -0.3 is 9.73 Å². The molecule has 96 valence electrons. The van der Waals surface area contributed by atoms with Gasteiger partial charge in [-0.3, -0.25) is 0 Å². The van der Waals surface area contributed by atoms with E-state index in [0.717, 1.165) is 0 Å². The van der Waals surface area contributed by atoms with Crippen molar-refractivity contribution in [2.45, 2.75) is 12.5 Å². The van der Waals surface area contributed by atoms with Gasteiger partial charge in [0.2, 0.25) is 0 Å². The van der Waals surface area contributed by atoms with Crippen LogP contribution in [0.3, 0.4) is 0 Å². The van der Waals surface area contributed by atoms with E-state index in [1.165, 1.54) is 24.5 Å². The molecule has 1 aromatic heterocycles. The van der Waals surface area contributed by atoms with Gasteiger partial charge in [0.05, 0.1) is 6.26 Å². The molecular formula is C13H12ClF2NO. The smallest absolute Gasteiger partial charge is 0.197 e. The molecule has 1 unspecified atom stereocenters. The molecule has 2 aromatic rings. The molecule has 18 heavy (non-hydrogen) atoms. The molecule has 1 N–H and O–H groups in total. The van der Waals surface area contributed by atoms with Gasteiger partial charge in [-0.25, -0.2) is 8.78 Å². The zero-order valence-electron chi connectivity index (χ0n) is 9.71. The number of furan rings is 1. The van der Waals surface area contributed by atoms with Crippen molar-refractivity contribution >= 4 is 11.6 Å². The molecule has 0 aliphatic carbocycles. The van der Waals surface area contributed by atoms with Crippen LogP contribution in [0.15, 0.2) is 34.9 Å². The van der Waals surface area contributed by atoms with Gasteiger partial charge in [0, 0.05) is 17.2 Å². The van der Waals surface area contributed by atoms with Gasteiger partial charge in [-0.2, -0.15) is 0 Å². The van der Waals surface area contributed by atoms with E-state index in [-0.39, 0.29) is 23.2 Å². The van der Waals surface area contributed by atoms with Crippen LogP contribution in [0, 0.1) is 11.6 Å². The lowest BCUT2D eigenvalue weighted by Gasteiger charge is -2.16. The minimum absolute atomic E-state index is 0.0362. The van der Waals surface area contributed by atoms with E-state index in [1.54, 1.807) is 13.1 Å². The summed E-state index contributed by atoms with van der Waals surface area (Å²) in [6.45, 7) is 0. The third kappa shape index (κ3) is 2.54. The number of nitrogens with one attached hydrogen (secondary N) is 1. The fourth-order valence-electron chi connectivity index (χ4n) is 1.85. The summed E-state index contributed by atoms with van der Waals surface area (Å²) in [5.74, 6) is -1.12. The van der Waals surface area contributed by atoms with E-state index in [4.69, 9.17) is 16.0 Å². The van der Waals surface area contributed by atoms with Crippen molar-refractivity contribution in [1.82, 2.24) is 5.32 Å². The normalized spacial score (nSPS) is 12.7. The number of benzene rings is 1. The third-order valence-electron chi connectivity index (χ3n) is 2.84. The van der Waals surface area contributed by atoms with E-state index in [2.05, 4.69) is 5.32 Å². The monoisotopic (exact) mass is 271 g/mol. The maximum atomic E-state index is 13.6. The second-order valence-electron chi connectivity index (χ2n) is 3.90. The van der Waals surface area contributed by atoms with E-state index in [1.807, 2.05) is 0 Å². The van der Waals surface area contributed by atoms with Crippen LogP contribution in [-0.2, 0) is 6.42 Å². The maximum absolute atomic E-state index is 13.6. The molecule has 1 heterocycles. The molecule has 0 fully saturated rings. The highest BCUT2D eigenvalue weighted by atomic mass is 35.5. The molecule has 1 aromatic carbocycles. The van der Waals surface area contributed by atoms with Crippen molar-refractivity contribution in [3.05, 3.63) is 58.5 Å². The molecule has 0 bridgehead atoms. The van der Waals surface area contributed by atoms with Crippen LogP contribution in [0.5, 0.6) is 0 Å². The Morgan fingerprint density at radius 2 is 1.94 bits per heavy atom. The van der Waals surface area contributed by atoms with Crippen LogP contribution in [0.4, 0.5) is 8.78 Å². The molecule has 0 amide bonds. The van der Waals surface area contributed by atoms with Gasteiger partial charge >= 0.3 is 0 Å². The van der Waals surface area contributed by atoms with Crippen LogP contribution in [-0.4, -0.2) is 7.05 Å². The SMILES string of the molecule is CNC(Cc1c(F)cccc1F)c1ccoc1Cl. The van der Waals surface area contributed by atoms with Crippen molar-refractivity contribution in [1.29, 1.82) is 0 Å². The summed E-state index contributed by atoms with van der Waals surface area (Å²) >= 11 is 5.86. The van der Waals surface area contributed by atoms with Crippen molar-refractivity contribution < 1.29 is 13.2 Å². The first-order valence-electron chi connectivity index (χ1n) is 5.46. The lowest BCUT2D eigenvalue weighted by Crippen LogP contribution is -2.19. The molecule has 0 saturated carbocycles. The molecule has 1 atom stereocenters. The van der Waals surface area contributed by atoms with Crippen molar-refractivity contribution in [2.24, 2.45) is 0 Å². The lowest BCUT2D eigenvalue weighted by molar-refractivity contribution is 0.507. The summed E-state index contributed by atoms with van der Waals surface area (Å²) in [7, 11) is 1.70. The molecule has 2 nitrogen and oxygen atoms in total. The Bertz CT molecular complexity index is 521. The van der Waals surface area contributed by atoms with Gasteiger partial charge in [-0.05, 0) is 43.3 Å². The predicted octanol–water partition coefficient (Wildman–Crippen LogP) is 3.71. The average Bonchev–Trinajstić information content (AvgIpc) is 2.76. The maximum Gasteiger partial charge on any atom is 0.197 e. The van der Waals surface area contributed by atoms with Crippen LogP contribution >= 0.6 is 11.6 Å². The van der Waals surface area contributed by atoms with Gasteiger partial charge in [-0.15, -0.1) is 0 Å². The third-order valence-corrected chi connectivity index (χ3v) is 3.15. The largest absolute Gasteiger partial charge is 0.453 e. The lowest BCUT2D eigenvalue weighted by atomic mass is 10.0. The molecule has 0 saturated heterocycles. The zero-order valence-corrected chi connectivity index (χ0v) is 10.5. The minimum Gasteiger partial charge on any atom is -0.453 e. The molecule has 5 heteroatoms. The predicted molar refractivity (Wildman–Crippen MR) is 65.6 cm³/mol. The Hall–Kier alpha value is -1.39. The Kier molecular flexibility index (Phi) is 3.99. The zero-order chi connectivity index (χ0) is 13.1. The second kappa shape index (κ2) is 5.50. The summed E-state index contributed by atoms with van der Waals surface area (Å²) in [5, 5.41) is 3.20. The van der Waals surface area contributed by atoms with E-state index >= 15 is 0 Å². The standard InChI is InChI=1S/C13H12ClF2NO/c1-17-12(8-5-6-18-13(8)14)7-9-10(15)3-2-4-11(9)16/h2-6,12,17H,7H2,1H3. The fourth-order valence-corrected chi connectivity index (χ4v) is 2.10. The molecular weight excluding hydrogens is 260 g/mol. The van der Waals surface area contributed by atoms with Crippen molar-refractivity contribution in [3.63, 3.8) is 0 Å². The molecule has 0 aliphatic heterocycles. The summed E-state index contributed by atoms with van der Waals surface area (Å²) in [6.07, 6.45) is 1.61. The van der Waals surface area contributed by atoms with E-state index in [9.17, 15) is 8.78 Å². The summed E-state index contributed by atoms with van der Waals surface area (Å²) in [4.78, 5) is 0. The number of likely N-dealkylation sites (N-methyl/N-ethyl adjacent to an activating group) is 1. The molecule has 0 aliphatic rings. The van der Waals surface area contributed by atoms with Crippen molar-refractivity contribution in [3.8, 4) is 0 Å². The van der Waals surface area contributed by atoms with Gasteiger partial charge in [-0.1, -0.05) is 6.07 Å². The van der Waals surface area contributed by atoms with Crippen molar-refractivity contribution in [2.75, 3.05) is 7.05 Å². The summed E-state index contributed by atoms with van der Waals surface area (Å²) < 4.78 is 32.1. The number of rotatable bonds is 4. The number of halogens is 3. The summed E-state index contributed by atoms with van der Waals surface area (Å²) in [6, 6.07) is 5.20. The fraction of sp³-hybridized carbons (Fsp3) is 0.231. The first-order valence-corrected chi connectivity index (χ1v) is 5.84. The highest BCUT2D eigenvalue weighted by Crippen LogP contribution is 2.28. The number of hydrogen-bond acceptors (Lipinski definition) is 2. The molecule has 0 radical (unpaired) electrons. The van der Waals surface area contributed by atoms with Gasteiger partial charge in [0.1, 0.15) is 11.6 Å². The highest BCUT2D eigenvalue weighted by molar-refractivity contribution is 6.29. The Morgan fingerprint density at radius 3 is 2.44 bits per heavy atom. The van der Waals surface area contributed by atoms with Crippen LogP contribution < -0.4 is 5.32 Å². The Morgan fingerprint density at radius 1 is 1.28 bits per heavy atom. The van der Waals surface area contributed by atoms with E-state index < -0.39 is 11.6 Å². The van der Waals surface area contributed by atoms with Crippen LogP contribution in [0.25, 0.3) is 0 Å². The quantitative estimate of drug-likeness (QED) is 0.917. The van der Waals surface area contributed by atoms with Crippen LogP contribution in [0.2, 0.25) is 5.22 Å². The highest BCUT2D eigenvalue weighted by Gasteiger charge is 2.19. The first kappa shape index (κ1) is 13.1. The second-order valence-corrected chi connectivity index (χ2v) is 4.24. The van der Waals surface area contributed by atoms with Gasteiger partial charge in [0.25, 0.3) is 0 Å². The van der Waals surface area contributed by atoms with Crippen LogP contribution in [0.1, 0.15) is 17.2 Å². The van der Waals surface area contributed by atoms with E-state index in [0.29, 0.717) is 5.56 Å². The summed E-state index contributed by atoms with van der Waals surface area (Å²) in [5.41, 5.74) is 0.718. The first-order chi connectivity index (χ1) is 8.63. The van der Waals surface area contributed by atoms with Gasteiger partial charge in [0.15, 0.2) is 5.22 Å². The molecule has 2 rings (SSSR count). The average molecular weight is 272 g/mol. The Labute approximate surface area is 109 Å². The minimum atomic E-state index is -0.560. The Balaban J connectivity index is 2.29. The topological polar surface area (TPSA) is 25.2 Å². The molecule has 0 spiro atoms.